The second kappa shape index (κ2) is 12.0. The highest BCUT2D eigenvalue weighted by Gasteiger charge is 2.28. The molecule has 0 aromatic carbocycles. The monoisotopic (exact) mass is 408 g/mol. The first-order valence-electron chi connectivity index (χ1n) is 8.14. The molecular weight excluding hydrogens is 380 g/mol. The number of carboxylic acid groups (broad SMARTS) is 1. The van der Waals surface area contributed by atoms with Gasteiger partial charge in [0.25, 0.3) is 0 Å². The molecule has 0 aromatic rings. The Kier molecular flexibility index (Phi) is 11.3. The van der Waals surface area contributed by atoms with Gasteiger partial charge in [-0.1, -0.05) is 13.8 Å². The highest BCUT2D eigenvalue weighted by atomic mass is 32.1. The molecule has 0 aliphatic heterocycles. The molecule has 0 aliphatic carbocycles. The lowest BCUT2D eigenvalue weighted by atomic mass is 10.0. The van der Waals surface area contributed by atoms with Crippen molar-refractivity contribution in [2.24, 2.45) is 11.7 Å². The van der Waals surface area contributed by atoms with E-state index in [0.717, 1.165) is 0 Å². The topological polar surface area (TPSA) is 151 Å². The Labute approximate surface area is 164 Å². The van der Waals surface area contributed by atoms with Crippen molar-refractivity contribution < 1.29 is 24.3 Å². The average Bonchev–Trinajstić information content (AvgIpc) is 2.56. The number of carbonyl (C=O) groups is 4. The molecule has 150 valence electrons. The molecule has 11 heteroatoms. The van der Waals surface area contributed by atoms with E-state index in [-0.39, 0.29) is 17.4 Å². The van der Waals surface area contributed by atoms with Gasteiger partial charge in [0, 0.05) is 11.5 Å². The standard InChI is InChI=1S/C15H28N4O5S2/c1-7(2)4-10(18-13(21)9(16)5-25)14(22)17-8(3)12(20)19-11(6-26)15(23)24/h7-11,25-26H,4-6,16H2,1-3H3,(H,17,22)(H,18,21)(H,19,20)(H,23,24). The molecule has 0 aromatic heterocycles. The maximum Gasteiger partial charge on any atom is 0.327 e. The van der Waals surface area contributed by atoms with Gasteiger partial charge in [-0.25, -0.2) is 4.79 Å². The van der Waals surface area contributed by atoms with Gasteiger partial charge in [-0.15, -0.1) is 0 Å². The van der Waals surface area contributed by atoms with Gasteiger partial charge in [-0.3, -0.25) is 14.4 Å². The summed E-state index contributed by atoms with van der Waals surface area (Å²) >= 11 is 7.80. The summed E-state index contributed by atoms with van der Waals surface area (Å²) in [6.45, 7) is 5.18. The first-order valence-corrected chi connectivity index (χ1v) is 9.41. The summed E-state index contributed by atoms with van der Waals surface area (Å²) in [5.41, 5.74) is 5.60. The van der Waals surface area contributed by atoms with Crippen molar-refractivity contribution in [1.82, 2.24) is 16.0 Å². The number of hydrogen-bond donors (Lipinski definition) is 7. The normalized spacial score (nSPS) is 15.5. The van der Waals surface area contributed by atoms with E-state index in [1.165, 1.54) is 6.92 Å². The summed E-state index contributed by atoms with van der Waals surface area (Å²) in [6, 6.07) is -3.88. The molecule has 9 nitrogen and oxygen atoms in total. The summed E-state index contributed by atoms with van der Waals surface area (Å²) in [7, 11) is 0. The summed E-state index contributed by atoms with van der Waals surface area (Å²) in [6.07, 6.45) is 0.347. The zero-order chi connectivity index (χ0) is 20.4. The Bertz CT molecular complexity index is 518. The largest absolute Gasteiger partial charge is 0.480 e. The summed E-state index contributed by atoms with van der Waals surface area (Å²) in [5.74, 6) is -2.82. The molecule has 4 atom stereocenters. The van der Waals surface area contributed by atoms with Crippen molar-refractivity contribution >= 4 is 48.9 Å². The van der Waals surface area contributed by atoms with E-state index >= 15 is 0 Å². The number of aliphatic carboxylic acids is 1. The minimum Gasteiger partial charge on any atom is -0.480 e. The predicted molar refractivity (Wildman–Crippen MR) is 104 cm³/mol. The van der Waals surface area contributed by atoms with Crippen LogP contribution >= 0.6 is 25.3 Å². The van der Waals surface area contributed by atoms with E-state index in [1.807, 2.05) is 13.8 Å². The molecule has 0 rings (SSSR count). The fourth-order valence-corrected chi connectivity index (χ4v) is 2.34. The van der Waals surface area contributed by atoms with Crippen LogP contribution in [-0.2, 0) is 19.2 Å². The molecule has 0 saturated carbocycles. The van der Waals surface area contributed by atoms with Crippen molar-refractivity contribution in [1.29, 1.82) is 0 Å². The van der Waals surface area contributed by atoms with E-state index in [9.17, 15) is 19.2 Å². The number of nitrogens with one attached hydrogen (secondary N) is 3. The van der Waals surface area contributed by atoms with E-state index < -0.39 is 47.9 Å². The molecule has 6 N–H and O–H groups in total. The van der Waals surface area contributed by atoms with Crippen molar-refractivity contribution in [3.63, 3.8) is 0 Å². The number of amides is 3. The zero-order valence-electron chi connectivity index (χ0n) is 15.1. The second-order valence-electron chi connectivity index (χ2n) is 6.29. The minimum absolute atomic E-state index is 0.0879. The molecule has 0 saturated heterocycles. The molecule has 0 radical (unpaired) electrons. The van der Waals surface area contributed by atoms with Gasteiger partial charge >= 0.3 is 5.97 Å². The van der Waals surface area contributed by atoms with Crippen LogP contribution in [0.1, 0.15) is 27.2 Å². The van der Waals surface area contributed by atoms with Crippen LogP contribution in [0.5, 0.6) is 0 Å². The number of carbonyl (C=O) groups excluding carboxylic acids is 3. The van der Waals surface area contributed by atoms with Gasteiger partial charge in [0.15, 0.2) is 0 Å². The Morgan fingerprint density at radius 2 is 1.42 bits per heavy atom. The third-order valence-electron chi connectivity index (χ3n) is 3.42. The van der Waals surface area contributed by atoms with Gasteiger partial charge in [-0.2, -0.15) is 25.3 Å². The number of nitrogens with two attached hydrogens (primary N) is 1. The van der Waals surface area contributed by atoms with Crippen LogP contribution in [0.4, 0.5) is 0 Å². The summed E-state index contributed by atoms with van der Waals surface area (Å²) in [5, 5.41) is 16.2. The van der Waals surface area contributed by atoms with Crippen LogP contribution in [0.15, 0.2) is 0 Å². The molecule has 0 spiro atoms. The number of rotatable bonds is 11. The first-order chi connectivity index (χ1) is 12.0. The highest BCUT2D eigenvalue weighted by Crippen LogP contribution is 2.06. The van der Waals surface area contributed by atoms with E-state index in [4.69, 9.17) is 10.8 Å². The first kappa shape index (κ1) is 24.5. The molecule has 0 aliphatic rings. The van der Waals surface area contributed by atoms with Crippen molar-refractivity contribution in [2.75, 3.05) is 11.5 Å². The lowest BCUT2D eigenvalue weighted by Crippen LogP contribution is -2.56. The zero-order valence-corrected chi connectivity index (χ0v) is 16.8. The SMILES string of the molecule is CC(C)CC(NC(=O)C(N)CS)C(=O)NC(C)C(=O)NC(CS)C(=O)O. The fraction of sp³-hybridized carbons (Fsp3) is 0.733. The lowest BCUT2D eigenvalue weighted by molar-refractivity contribution is -0.141. The number of hydrogen-bond acceptors (Lipinski definition) is 7. The van der Waals surface area contributed by atoms with Crippen molar-refractivity contribution in [3.8, 4) is 0 Å². The molecular formula is C15H28N4O5S2. The Balaban J connectivity index is 4.92. The Morgan fingerprint density at radius 1 is 0.885 bits per heavy atom. The summed E-state index contributed by atoms with van der Waals surface area (Å²) < 4.78 is 0. The summed E-state index contributed by atoms with van der Waals surface area (Å²) in [4.78, 5) is 47.3. The van der Waals surface area contributed by atoms with E-state index in [1.54, 1.807) is 0 Å². The molecule has 4 unspecified atom stereocenters. The molecule has 3 amide bonds. The van der Waals surface area contributed by atoms with Crippen LogP contribution in [-0.4, -0.2) is 64.5 Å². The van der Waals surface area contributed by atoms with Gasteiger partial charge < -0.3 is 26.8 Å². The predicted octanol–water partition coefficient (Wildman–Crippen LogP) is -1.22. The third kappa shape index (κ3) is 8.77. The maximum atomic E-state index is 12.4. The molecule has 0 bridgehead atoms. The minimum atomic E-state index is -1.22. The van der Waals surface area contributed by atoms with Crippen LogP contribution in [0.25, 0.3) is 0 Å². The molecule has 26 heavy (non-hydrogen) atoms. The quantitative estimate of drug-likeness (QED) is 0.213. The van der Waals surface area contributed by atoms with E-state index in [2.05, 4.69) is 41.2 Å². The van der Waals surface area contributed by atoms with E-state index in [0.29, 0.717) is 6.42 Å². The van der Waals surface area contributed by atoms with Crippen LogP contribution < -0.4 is 21.7 Å². The van der Waals surface area contributed by atoms with Gasteiger partial charge in [0.2, 0.25) is 17.7 Å². The van der Waals surface area contributed by atoms with Crippen LogP contribution in [0.3, 0.4) is 0 Å². The van der Waals surface area contributed by atoms with Gasteiger partial charge in [0.05, 0.1) is 6.04 Å². The van der Waals surface area contributed by atoms with Crippen LogP contribution in [0, 0.1) is 5.92 Å². The number of thiol groups is 2. The van der Waals surface area contributed by atoms with Crippen LogP contribution in [0.2, 0.25) is 0 Å². The molecule has 0 fully saturated rings. The lowest BCUT2D eigenvalue weighted by Gasteiger charge is -2.24. The Hall–Kier alpha value is -1.46. The van der Waals surface area contributed by atoms with Crippen molar-refractivity contribution in [3.05, 3.63) is 0 Å². The Morgan fingerprint density at radius 3 is 1.85 bits per heavy atom. The smallest absolute Gasteiger partial charge is 0.327 e. The van der Waals surface area contributed by atoms with Crippen molar-refractivity contribution in [2.45, 2.75) is 51.4 Å². The van der Waals surface area contributed by atoms with Gasteiger partial charge in [0.1, 0.15) is 18.1 Å². The molecule has 0 heterocycles. The maximum absolute atomic E-state index is 12.4. The van der Waals surface area contributed by atoms with Gasteiger partial charge in [-0.05, 0) is 19.3 Å². The highest BCUT2D eigenvalue weighted by molar-refractivity contribution is 7.80. The second-order valence-corrected chi connectivity index (χ2v) is 7.02. The fourth-order valence-electron chi connectivity index (χ4n) is 1.93. The third-order valence-corrected chi connectivity index (χ3v) is 4.18. The number of carboxylic acids is 1. The average molecular weight is 409 g/mol.